The van der Waals surface area contributed by atoms with E-state index in [2.05, 4.69) is 0 Å². The summed E-state index contributed by atoms with van der Waals surface area (Å²) in [5.74, 6) is -2.76. The number of hydrogen-bond acceptors (Lipinski definition) is 2. The van der Waals surface area contributed by atoms with Crippen LogP contribution in [0, 0.1) is 0 Å². The van der Waals surface area contributed by atoms with Crippen molar-refractivity contribution >= 4 is 5.91 Å². The van der Waals surface area contributed by atoms with Crippen molar-refractivity contribution in [1.82, 2.24) is 4.90 Å². The summed E-state index contributed by atoms with van der Waals surface area (Å²) in [7, 11) is 0. The number of amides is 1. The van der Waals surface area contributed by atoms with Gasteiger partial charge in [0.25, 0.3) is 0 Å². The minimum atomic E-state index is -2.67. The third-order valence-electron chi connectivity index (χ3n) is 4.04. The van der Waals surface area contributed by atoms with Crippen LogP contribution in [0.1, 0.15) is 51.9 Å². The van der Waals surface area contributed by atoms with Crippen LogP contribution >= 0.6 is 0 Å². The van der Waals surface area contributed by atoms with Gasteiger partial charge >= 0.3 is 0 Å². The molecule has 0 aromatic carbocycles. The zero-order chi connectivity index (χ0) is 13.4. The van der Waals surface area contributed by atoms with E-state index in [1.807, 2.05) is 6.92 Å². The van der Waals surface area contributed by atoms with E-state index in [9.17, 15) is 18.7 Å². The molecule has 0 aromatic rings. The molecule has 0 saturated heterocycles. The molecule has 2 rings (SSSR count). The van der Waals surface area contributed by atoms with Crippen molar-refractivity contribution in [3.05, 3.63) is 0 Å². The van der Waals surface area contributed by atoms with E-state index in [4.69, 9.17) is 0 Å². The van der Waals surface area contributed by atoms with Crippen molar-refractivity contribution in [3.8, 4) is 0 Å². The first-order chi connectivity index (χ1) is 8.35. The van der Waals surface area contributed by atoms with Crippen LogP contribution in [-0.2, 0) is 4.79 Å². The van der Waals surface area contributed by atoms with Gasteiger partial charge in [-0.3, -0.25) is 4.79 Å². The number of carbonyl (C=O) groups excluding carboxylic acids is 1. The second-order valence-corrected chi connectivity index (χ2v) is 5.67. The molecule has 0 bridgehead atoms. The molecular weight excluding hydrogens is 240 g/mol. The minimum Gasteiger partial charge on any atom is -0.389 e. The highest BCUT2D eigenvalue weighted by Crippen LogP contribution is 2.40. The summed E-state index contributed by atoms with van der Waals surface area (Å²) >= 11 is 0. The lowest BCUT2D eigenvalue weighted by atomic mass is 9.80. The Balaban J connectivity index is 1.90. The normalized spacial score (nSPS) is 25.8. The largest absolute Gasteiger partial charge is 0.389 e. The summed E-state index contributed by atoms with van der Waals surface area (Å²) in [6.45, 7) is 2.55. The summed E-state index contributed by atoms with van der Waals surface area (Å²) in [5, 5.41) is 10.2. The van der Waals surface area contributed by atoms with Crippen LogP contribution in [0.2, 0.25) is 0 Å². The van der Waals surface area contributed by atoms with Crippen molar-refractivity contribution in [2.45, 2.75) is 69.4 Å². The van der Waals surface area contributed by atoms with Gasteiger partial charge in [-0.15, -0.1) is 0 Å². The van der Waals surface area contributed by atoms with Gasteiger partial charge in [-0.1, -0.05) is 0 Å². The number of rotatable bonds is 4. The van der Waals surface area contributed by atoms with Crippen LogP contribution < -0.4 is 0 Å². The van der Waals surface area contributed by atoms with Crippen molar-refractivity contribution < 1.29 is 18.7 Å². The van der Waals surface area contributed by atoms with Gasteiger partial charge in [0, 0.05) is 25.4 Å². The Hall–Kier alpha value is -0.710. The number of halogens is 2. The van der Waals surface area contributed by atoms with Gasteiger partial charge < -0.3 is 10.0 Å². The summed E-state index contributed by atoms with van der Waals surface area (Å²) in [6.07, 6.45) is 1.46. The molecular formula is C13H21F2NO2. The predicted octanol–water partition coefficient (Wildman–Crippen LogP) is 2.33. The maximum atomic E-state index is 13.0. The number of nitrogens with zero attached hydrogens (tertiary/aromatic N) is 1. The molecule has 1 amide bonds. The van der Waals surface area contributed by atoms with Gasteiger partial charge in [0.1, 0.15) is 0 Å². The summed E-state index contributed by atoms with van der Waals surface area (Å²) in [4.78, 5) is 13.8. The quantitative estimate of drug-likeness (QED) is 0.843. The minimum absolute atomic E-state index is 0.00653. The Kier molecular flexibility index (Phi) is 3.63. The van der Waals surface area contributed by atoms with Crippen molar-refractivity contribution in [2.75, 3.05) is 6.54 Å². The van der Waals surface area contributed by atoms with Gasteiger partial charge in [0.05, 0.1) is 12.0 Å². The lowest BCUT2D eigenvalue weighted by Gasteiger charge is -2.36. The monoisotopic (exact) mass is 261 g/mol. The molecule has 3 nitrogen and oxygen atoms in total. The molecule has 2 aliphatic carbocycles. The van der Waals surface area contributed by atoms with E-state index in [-0.39, 0.29) is 38.0 Å². The van der Waals surface area contributed by atoms with E-state index in [0.717, 1.165) is 12.8 Å². The van der Waals surface area contributed by atoms with Crippen LogP contribution in [0.4, 0.5) is 8.78 Å². The van der Waals surface area contributed by atoms with Gasteiger partial charge in [-0.05, 0) is 32.6 Å². The van der Waals surface area contributed by atoms with Gasteiger partial charge in [0.2, 0.25) is 11.8 Å². The van der Waals surface area contributed by atoms with Crippen LogP contribution in [-0.4, -0.2) is 40.0 Å². The second-order valence-electron chi connectivity index (χ2n) is 5.67. The average Bonchev–Trinajstić information content (AvgIpc) is 3.09. The lowest BCUT2D eigenvalue weighted by molar-refractivity contribution is -0.144. The van der Waals surface area contributed by atoms with E-state index in [1.165, 1.54) is 0 Å². The Bertz CT molecular complexity index is 319. The van der Waals surface area contributed by atoms with Crippen molar-refractivity contribution in [2.24, 2.45) is 0 Å². The molecule has 18 heavy (non-hydrogen) atoms. The molecule has 0 aliphatic heterocycles. The van der Waals surface area contributed by atoms with Crippen LogP contribution in [0.25, 0.3) is 0 Å². The van der Waals surface area contributed by atoms with Crippen molar-refractivity contribution in [3.63, 3.8) is 0 Å². The molecule has 0 unspecified atom stereocenters. The van der Waals surface area contributed by atoms with Crippen LogP contribution in [0.3, 0.4) is 0 Å². The maximum Gasteiger partial charge on any atom is 0.248 e. The second kappa shape index (κ2) is 4.76. The molecule has 0 heterocycles. The Labute approximate surface area is 106 Å². The molecule has 5 heteroatoms. The average molecular weight is 261 g/mol. The lowest BCUT2D eigenvalue weighted by Crippen LogP contribution is -2.44. The first kappa shape index (κ1) is 13.7. The number of aliphatic hydroxyl groups is 1. The van der Waals surface area contributed by atoms with Gasteiger partial charge in [-0.25, -0.2) is 8.78 Å². The van der Waals surface area contributed by atoms with Crippen LogP contribution in [0.15, 0.2) is 0 Å². The van der Waals surface area contributed by atoms with E-state index >= 15 is 0 Å². The summed E-state index contributed by atoms with van der Waals surface area (Å²) in [6, 6.07) is 0.316. The molecule has 104 valence electrons. The zero-order valence-corrected chi connectivity index (χ0v) is 10.8. The molecule has 0 aromatic heterocycles. The highest BCUT2D eigenvalue weighted by Gasteiger charge is 2.44. The molecule has 0 atom stereocenters. The van der Waals surface area contributed by atoms with E-state index < -0.39 is 11.5 Å². The predicted molar refractivity (Wildman–Crippen MR) is 63.4 cm³/mol. The molecule has 2 fully saturated rings. The molecule has 1 N–H and O–H groups in total. The standard InChI is InChI=1S/C13H21F2NO2/c1-2-16(10-3-4-10)11(17)9-12(18)5-7-13(14,15)8-6-12/h10,18H,2-9H2,1H3. The topological polar surface area (TPSA) is 40.5 Å². The van der Waals surface area contributed by atoms with E-state index in [0.29, 0.717) is 12.6 Å². The summed E-state index contributed by atoms with van der Waals surface area (Å²) < 4.78 is 26.1. The van der Waals surface area contributed by atoms with Gasteiger partial charge in [-0.2, -0.15) is 0 Å². The third-order valence-corrected chi connectivity index (χ3v) is 4.04. The number of hydrogen-bond donors (Lipinski definition) is 1. The number of alkyl halides is 2. The first-order valence-electron chi connectivity index (χ1n) is 6.75. The Morgan fingerprint density at radius 2 is 1.83 bits per heavy atom. The SMILES string of the molecule is CCN(C(=O)CC1(O)CCC(F)(F)CC1)C1CC1. The fourth-order valence-electron chi connectivity index (χ4n) is 2.67. The molecule has 2 aliphatic rings. The highest BCUT2D eigenvalue weighted by atomic mass is 19.3. The first-order valence-corrected chi connectivity index (χ1v) is 6.75. The smallest absolute Gasteiger partial charge is 0.248 e. The summed E-state index contributed by atoms with van der Waals surface area (Å²) in [5.41, 5.74) is -1.22. The molecule has 0 spiro atoms. The molecule has 2 saturated carbocycles. The number of carbonyl (C=O) groups is 1. The third kappa shape index (κ3) is 3.19. The Morgan fingerprint density at radius 3 is 2.28 bits per heavy atom. The van der Waals surface area contributed by atoms with Crippen molar-refractivity contribution in [1.29, 1.82) is 0 Å². The van der Waals surface area contributed by atoms with Crippen LogP contribution in [0.5, 0.6) is 0 Å². The van der Waals surface area contributed by atoms with E-state index in [1.54, 1.807) is 4.90 Å². The fourth-order valence-corrected chi connectivity index (χ4v) is 2.67. The highest BCUT2D eigenvalue weighted by molar-refractivity contribution is 5.78. The fraction of sp³-hybridized carbons (Fsp3) is 0.923. The zero-order valence-electron chi connectivity index (χ0n) is 10.8. The Morgan fingerprint density at radius 1 is 1.28 bits per heavy atom. The maximum absolute atomic E-state index is 13.0. The van der Waals surface area contributed by atoms with Gasteiger partial charge in [0.15, 0.2) is 0 Å². The molecule has 0 radical (unpaired) electrons.